The molecule has 2 heterocycles. The van der Waals surface area contributed by atoms with Crippen molar-refractivity contribution in [3.63, 3.8) is 0 Å². The molecule has 4 heteroatoms. The van der Waals surface area contributed by atoms with Crippen molar-refractivity contribution in [2.24, 2.45) is 11.3 Å². The third kappa shape index (κ3) is 2.20. The third-order valence-electron chi connectivity index (χ3n) is 4.53. The van der Waals surface area contributed by atoms with Gasteiger partial charge in [0, 0.05) is 11.3 Å². The van der Waals surface area contributed by atoms with Gasteiger partial charge in [-0.1, -0.05) is 27.7 Å². The number of rotatable bonds is 1. The van der Waals surface area contributed by atoms with Crippen molar-refractivity contribution in [3.05, 3.63) is 26.6 Å². The molecule has 3 nitrogen and oxygen atoms in total. The van der Waals surface area contributed by atoms with E-state index >= 15 is 0 Å². The van der Waals surface area contributed by atoms with E-state index < -0.39 is 0 Å². The van der Waals surface area contributed by atoms with Gasteiger partial charge in [0.2, 0.25) is 0 Å². The molecule has 0 amide bonds. The summed E-state index contributed by atoms with van der Waals surface area (Å²) in [7, 11) is 0. The van der Waals surface area contributed by atoms with Crippen LogP contribution in [0, 0.1) is 11.3 Å². The Kier molecular flexibility index (Phi) is 3.24. The fraction of sp³-hybridized carbons (Fsp3) is 0.625. The number of thiophene rings is 1. The van der Waals surface area contributed by atoms with Crippen LogP contribution in [0.25, 0.3) is 10.2 Å². The Bertz CT molecular complexity index is 706. The van der Waals surface area contributed by atoms with Crippen molar-refractivity contribution in [2.45, 2.75) is 53.4 Å². The van der Waals surface area contributed by atoms with E-state index in [0.29, 0.717) is 11.3 Å². The van der Waals surface area contributed by atoms with Crippen molar-refractivity contribution in [3.8, 4) is 0 Å². The van der Waals surface area contributed by atoms with Gasteiger partial charge in [-0.3, -0.25) is 4.79 Å². The van der Waals surface area contributed by atoms with Gasteiger partial charge in [-0.05, 0) is 36.2 Å². The average Bonchev–Trinajstić information content (AvgIpc) is 2.74. The summed E-state index contributed by atoms with van der Waals surface area (Å²) in [5.74, 6) is 1.50. The van der Waals surface area contributed by atoms with Gasteiger partial charge in [0.25, 0.3) is 5.56 Å². The first-order valence-electron chi connectivity index (χ1n) is 7.43. The molecular formula is C16H22N2OS. The van der Waals surface area contributed by atoms with Crippen LogP contribution in [0.5, 0.6) is 0 Å². The Morgan fingerprint density at radius 2 is 2.15 bits per heavy atom. The van der Waals surface area contributed by atoms with Crippen LogP contribution >= 0.6 is 11.3 Å². The minimum absolute atomic E-state index is 0.0542. The Labute approximate surface area is 123 Å². The molecule has 0 bridgehead atoms. The van der Waals surface area contributed by atoms with E-state index in [-0.39, 0.29) is 5.56 Å². The molecule has 0 aromatic carbocycles. The highest BCUT2D eigenvalue weighted by atomic mass is 32.1. The number of aryl methyl sites for hydroxylation is 2. The Morgan fingerprint density at radius 1 is 1.40 bits per heavy atom. The quantitative estimate of drug-likeness (QED) is 0.870. The van der Waals surface area contributed by atoms with Crippen LogP contribution in [-0.4, -0.2) is 9.97 Å². The summed E-state index contributed by atoms with van der Waals surface area (Å²) in [6.07, 6.45) is 4.07. The zero-order valence-electron chi connectivity index (χ0n) is 12.7. The number of nitrogens with one attached hydrogen (secondary N) is 1. The minimum atomic E-state index is 0.0542. The van der Waals surface area contributed by atoms with Gasteiger partial charge in [0.15, 0.2) is 0 Å². The number of aromatic nitrogens is 2. The van der Waals surface area contributed by atoms with Crippen LogP contribution in [-0.2, 0) is 19.3 Å². The fourth-order valence-corrected chi connectivity index (χ4v) is 4.45. The summed E-state index contributed by atoms with van der Waals surface area (Å²) in [6, 6.07) is 0. The van der Waals surface area contributed by atoms with E-state index in [1.54, 1.807) is 11.3 Å². The molecule has 0 fully saturated rings. The second-order valence-corrected chi connectivity index (χ2v) is 7.94. The molecule has 0 spiro atoms. The fourth-order valence-electron chi connectivity index (χ4n) is 3.14. The predicted molar refractivity (Wildman–Crippen MR) is 84.6 cm³/mol. The molecule has 1 unspecified atom stereocenters. The van der Waals surface area contributed by atoms with Gasteiger partial charge in [0.05, 0.1) is 5.39 Å². The Balaban J connectivity index is 2.11. The molecule has 2 aromatic heterocycles. The van der Waals surface area contributed by atoms with Crippen LogP contribution in [0.2, 0.25) is 0 Å². The molecular weight excluding hydrogens is 268 g/mol. The van der Waals surface area contributed by atoms with E-state index in [4.69, 9.17) is 0 Å². The molecule has 0 aliphatic heterocycles. The topological polar surface area (TPSA) is 45.8 Å². The van der Waals surface area contributed by atoms with Crippen molar-refractivity contribution in [2.75, 3.05) is 0 Å². The normalized spacial score (nSPS) is 19.3. The highest BCUT2D eigenvalue weighted by molar-refractivity contribution is 7.18. The number of nitrogens with zero attached hydrogens (tertiary/aromatic N) is 1. The first-order valence-corrected chi connectivity index (χ1v) is 8.25. The number of hydrogen-bond acceptors (Lipinski definition) is 3. The van der Waals surface area contributed by atoms with E-state index in [1.165, 1.54) is 16.9 Å². The highest BCUT2D eigenvalue weighted by Gasteiger charge is 2.31. The van der Waals surface area contributed by atoms with Crippen molar-refractivity contribution in [1.82, 2.24) is 9.97 Å². The average molecular weight is 290 g/mol. The largest absolute Gasteiger partial charge is 0.310 e. The van der Waals surface area contributed by atoms with Gasteiger partial charge in [-0.25, -0.2) is 4.98 Å². The van der Waals surface area contributed by atoms with Gasteiger partial charge in [-0.15, -0.1) is 11.3 Å². The first kappa shape index (κ1) is 13.8. The molecule has 1 aliphatic carbocycles. The second kappa shape index (κ2) is 4.69. The van der Waals surface area contributed by atoms with Crippen LogP contribution < -0.4 is 5.56 Å². The molecule has 0 saturated heterocycles. The van der Waals surface area contributed by atoms with E-state index in [1.807, 2.05) is 6.92 Å². The number of hydrogen-bond donors (Lipinski definition) is 1. The second-order valence-electron chi connectivity index (χ2n) is 6.86. The SMILES string of the molecule is CCc1nc2sc3c(c2c(=O)[nH]1)CCC(C(C)(C)C)C3. The monoisotopic (exact) mass is 290 g/mol. The zero-order valence-corrected chi connectivity index (χ0v) is 13.5. The lowest BCUT2D eigenvalue weighted by Crippen LogP contribution is -2.26. The lowest BCUT2D eigenvalue weighted by Gasteiger charge is -2.33. The molecule has 1 N–H and O–H groups in total. The van der Waals surface area contributed by atoms with E-state index in [9.17, 15) is 4.79 Å². The lowest BCUT2D eigenvalue weighted by atomic mass is 9.72. The molecule has 108 valence electrons. The Hall–Kier alpha value is -1.16. The van der Waals surface area contributed by atoms with Crippen LogP contribution in [0.3, 0.4) is 0 Å². The molecule has 0 saturated carbocycles. The number of H-pyrrole nitrogens is 1. The summed E-state index contributed by atoms with van der Waals surface area (Å²) in [5.41, 5.74) is 1.66. The number of fused-ring (bicyclic) bond motifs is 3. The van der Waals surface area contributed by atoms with Gasteiger partial charge in [0.1, 0.15) is 10.7 Å². The summed E-state index contributed by atoms with van der Waals surface area (Å²) in [5, 5.41) is 0.856. The van der Waals surface area contributed by atoms with Crippen LogP contribution in [0.4, 0.5) is 0 Å². The maximum absolute atomic E-state index is 12.3. The van der Waals surface area contributed by atoms with Gasteiger partial charge in [-0.2, -0.15) is 0 Å². The minimum Gasteiger partial charge on any atom is -0.310 e. The molecule has 3 rings (SSSR count). The lowest BCUT2D eigenvalue weighted by molar-refractivity contribution is 0.218. The molecule has 1 atom stereocenters. The summed E-state index contributed by atoms with van der Waals surface area (Å²) >= 11 is 1.73. The number of aromatic amines is 1. The smallest absolute Gasteiger partial charge is 0.259 e. The first-order chi connectivity index (χ1) is 9.40. The molecule has 1 aliphatic rings. The Morgan fingerprint density at radius 3 is 2.80 bits per heavy atom. The maximum Gasteiger partial charge on any atom is 0.259 e. The standard InChI is InChI=1S/C16H22N2OS/c1-5-12-17-14(19)13-10-7-6-9(16(2,3)4)8-11(10)20-15(13)18-12/h9H,5-8H2,1-4H3,(H,17,18,19). The zero-order chi connectivity index (χ0) is 14.5. The third-order valence-corrected chi connectivity index (χ3v) is 5.68. The highest BCUT2D eigenvalue weighted by Crippen LogP contribution is 2.41. The maximum atomic E-state index is 12.3. The van der Waals surface area contributed by atoms with Crippen LogP contribution in [0.1, 0.15) is 50.4 Å². The summed E-state index contributed by atoms with van der Waals surface area (Å²) in [4.78, 5) is 22.1. The van der Waals surface area contributed by atoms with Crippen LogP contribution in [0.15, 0.2) is 4.79 Å². The van der Waals surface area contributed by atoms with Crippen molar-refractivity contribution < 1.29 is 0 Å². The molecule has 2 aromatic rings. The van der Waals surface area contributed by atoms with E-state index in [0.717, 1.165) is 35.3 Å². The summed E-state index contributed by atoms with van der Waals surface area (Å²) < 4.78 is 0. The van der Waals surface area contributed by atoms with Gasteiger partial charge < -0.3 is 4.98 Å². The molecule has 20 heavy (non-hydrogen) atoms. The van der Waals surface area contributed by atoms with Gasteiger partial charge >= 0.3 is 0 Å². The van der Waals surface area contributed by atoms with Crippen molar-refractivity contribution in [1.29, 1.82) is 0 Å². The predicted octanol–water partition coefficient (Wildman–Crippen LogP) is 3.70. The van der Waals surface area contributed by atoms with E-state index in [2.05, 4.69) is 30.7 Å². The summed E-state index contributed by atoms with van der Waals surface area (Å²) in [6.45, 7) is 8.97. The van der Waals surface area contributed by atoms with Crippen molar-refractivity contribution >= 4 is 21.6 Å². The molecule has 0 radical (unpaired) electrons.